The molecule has 0 heterocycles. The molecule has 0 bridgehead atoms. The predicted molar refractivity (Wildman–Crippen MR) is 139 cm³/mol. The lowest BCUT2D eigenvalue weighted by atomic mass is 10.1. The average Bonchev–Trinajstić information content (AvgIpc) is 3.32. The largest absolute Gasteiger partial charge is 0.352 e. The maximum Gasteiger partial charge on any atom is 0.243 e. The highest BCUT2D eigenvalue weighted by atomic mass is 35.5. The lowest BCUT2D eigenvalue weighted by molar-refractivity contribution is -0.139. The molecule has 1 atom stereocenters. The van der Waals surface area contributed by atoms with Crippen LogP contribution in [0.15, 0.2) is 48.5 Å². The van der Waals surface area contributed by atoms with Crippen LogP contribution in [-0.2, 0) is 21.8 Å². The van der Waals surface area contributed by atoms with Gasteiger partial charge in [-0.1, -0.05) is 79.4 Å². The number of thioether (sulfide) groups is 1. The molecular weight excluding hydrogens is 475 g/mol. The molecule has 0 aliphatic heterocycles. The number of nitrogens with zero attached hydrogens (tertiary/aromatic N) is 1. The first-order valence-corrected chi connectivity index (χ1v) is 13.5. The number of carbonyl (C=O) groups is 2. The van der Waals surface area contributed by atoms with Crippen molar-refractivity contribution in [2.24, 2.45) is 0 Å². The van der Waals surface area contributed by atoms with E-state index in [1.807, 2.05) is 31.2 Å². The van der Waals surface area contributed by atoms with Gasteiger partial charge in [0.1, 0.15) is 6.04 Å². The van der Waals surface area contributed by atoms with Gasteiger partial charge in [-0.15, -0.1) is 11.8 Å². The van der Waals surface area contributed by atoms with Crippen LogP contribution in [0.25, 0.3) is 0 Å². The van der Waals surface area contributed by atoms with E-state index in [4.69, 9.17) is 23.2 Å². The van der Waals surface area contributed by atoms with E-state index in [0.29, 0.717) is 35.2 Å². The third kappa shape index (κ3) is 7.66. The number of nitrogens with one attached hydrogen (secondary N) is 1. The van der Waals surface area contributed by atoms with Gasteiger partial charge >= 0.3 is 0 Å². The van der Waals surface area contributed by atoms with Crippen LogP contribution < -0.4 is 5.32 Å². The van der Waals surface area contributed by atoms with E-state index >= 15 is 0 Å². The Balaban J connectivity index is 1.67. The molecule has 0 aromatic heterocycles. The molecule has 7 heteroatoms. The summed E-state index contributed by atoms with van der Waals surface area (Å²) in [5.74, 6) is 0.739. The molecule has 1 aliphatic carbocycles. The zero-order valence-corrected chi connectivity index (χ0v) is 21.4. The third-order valence-electron chi connectivity index (χ3n) is 6.11. The van der Waals surface area contributed by atoms with Gasteiger partial charge in [-0.3, -0.25) is 9.59 Å². The van der Waals surface area contributed by atoms with Crippen LogP contribution in [0, 0.1) is 0 Å². The number of halogens is 2. The van der Waals surface area contributed by atoms with Gasteiger partial charge in [-0.2, -0.15) is 0 Å². The first-order chi connectivity index (χ1) is 16.0. The fourth-order valence-corrected chi connectivity index (χ4v) is 5.90. The van der Waals surface area contributed by atoms with Gasteiger partial charge in [0.05, 0.1) is 5.75 Å². The van der Waals surface area contributed by atoms with Gasteiger partial charge in [0.2, 0.25) is 11.8 Å². The van der Waals surface area contributed by atoms with Crippen molar-refractivity contribution in [3.63, 3.8) is 0 Å². The van der Waals surface area contributed by atoms with E-state index in [1.165, 1.54) is 11.8 Å². The van der Waals surface area contributed by atoms with Crippen LogP contribution in [0.3, 0.4) is 0 Å². The second-order valence-corrected chi connectivity index (χ2v) is 10.2. The Bertz CT molecular complexity index is 900. The van der Waals surface area contributed by atoms with Gasteiger partial charge < -0.3 is 10.2 Å². The Kier molecular flexibility index (Phi) is 10.4. The zero-order chi connectivity index (χ0) is 23.6. The van der Waals surface area contributed by atoms with Crippen molar-refractivity contribution in [3.05, 3.63) is 69.7 Å². The summed E-state index contributed by atoms with van der Waals surface area (Å²) in [5, 5.41) is 4.39. The topological polar surface area (TPSA) is 49.4 Å². The van der Waals surface area contributed by atoms with Crippen molar-refractivity contribution in [1.82, 2.24) is 10.2 Å². The molecule has 1 aliphatic rings. The molecule has 3 rings (SSSR count). The van der Waals surface area contributed by atoms with E-state index in [2.05, 4.69) is 17.4 Å². The number of carbonyl (C=O) groups excluding carboxylic acids is 2. The maximum atomic E-state index is 13.3. The Hall–Kier alpha value is -1.69. The minimum absolute atomic E-state index is 0.0347. The second-order valence-electron chi connectivity index (χ2n) is 8.43. The average molecular weight is 508 g/mol. The Morgan fingerprint density at radius 2 is 1.73 bits per heavy atom. The van der Waals surface area contributed by atoms with Gasteiger partial charge in [-0.25, -0.2) is 0 Å². The standard InChI is InChI=1S/C26H32Cl2N2O2S/c1-2-24(26(32)29-20-11-6-7-12-20)30(16-15-19-9-4-3-5-10-19)25(31)18-33-17-21-22(27)13-8-14-23(21)28/h3-5,8-10,13-14,20,24H,2,6-7,11-12,15-18H2,1H3,(H,29,32)/t24-/m1/s1. The lowest BCUT2D eigenvalue weighted by Gasteiger charge is -2.31. The van der Waals surface area contributed by atoms with Crippen molar-refractivity contribution in [2.75, 3.05) is 12.3 Å². The Morgan fingerprint density at radius 1 is 1.06 bits per heavy atom. The molecule has 1 saturated carbocycles. The summed E-state index contributed by atoms with van der Waals surface area (Å²) in [4.78, 5) is 28.2. The fraction of sp³-hybridized carbons (Fsp3) is 0.462. The minimum atomic E-state index is -0.466. The van der Waals surface area contributed by atoms with Gasteiger partial charge in [0.15, 0.2) is 0 Å². The van der Waals surface area contributed by atoms with Crippen molar-refractivity contribution in [2.45, 2.75) is 63.3 Å². The predicted octanol–water partition coefficient (Wildman–Crippen LogP) is 6.14. The number of rotatable bonds is 11. The summed E-state index contributed by atoms with van der Waals surface area (Å²) in [6.07, 6.45) is 5.64. The number of amides is 2. The summed E-state index contributed by atoms with van der Waals surface area (Å²) in [6.45, 7) is 2.48. The molecule has 1 N–H and O–H groups in total. The van der Waals surface area contributed by atoms with E-state index in [0.717, 1.165) is 36.8 Å². The molecule has 178 valence electrons. The van der Waals surface area contributed by atoms with Crippen molar-refractivity contribution in [3.8, 4) is 0 Å². The fourth-order valence-electron chi connectivity index (χ4n) is 4.26. The van der Waals surface area contributed by atoms with Crippen LogP contribution in [0.5, 0.6) is 0 Å². The van der Waals surface area contributed by atoms with Crippen LogP contribution >= 0.6 is 35.0 Å². The summed E-state index contributed by atoms with van der Waals surface area (Å²) >= 11 is 14.0. The molecule has 0 radical (unpaired) electrons. The van der Waals surface area contributed by atoms with Crippen molar-refractivity contribution >= 4 is 46.8 Å². The molecule has 0 unspecified atom stereocenters. The summed E-state index contributed by atoms with van der Waals surface area (Å²) in [7, 11) is 0. The number of hydrogen-bond acceptors (Lipinski definition) is 3. The highest BCUT2D eigenvalue weighted by molar-refractivity contribution is 7.99. The molecular formula is C26H32Cl2N2O2S. The highest BCUT2D eigenvalue weighted by Gasteiger charge is 2.30. The molecule has 2 amide bonds. The zero-order valence-electron chi connectivity index (χ0n) is 19.1. The summed E-state index contributed by atoms with van der Waals surface area (Å²) in [6, 6.07) is 15.3. The summed E-state index contributed by atoms with van der Waals surface area (Å²) in [5.41, 5.74) is 1.98. The maximum absolute atomic E-state index is 13.3. The van der Waals surface area contributed by atoms with Crippen LogP contribution in [0.1, 0.15) is 50.2 Å². The van der Waals surface area contributed by atoms with E-state index in [9.17, 15) is 9.59 Å². The second kappa shape index (κ2) is 13.3. The Labute approximate surface area is 211 Å². The minimum Gasteiger partial charge on any atom is -0.352 e. The van der Waals surface area contributed by atoms with Gasteiger partial charge in [0.25, 0.3) is 0 Å². The molecule has 4 nitrogen and oxygen atoms in total. The van der Waals surface area contributed by atoms with Gasteiger partial charge in [-0.05, 0) is 48.9 Å². The summed E-state index contributed by atoms with van der Waals surface area (Å²) < 4.78 is 0. The quantitative estimate of drug-likeness (QED) is 0.398. The van der Waals surface area contributed by atoms with E-state index in [1.54, 1.807) is 17.0 Å². The lowest BCUT2D eigenvalue weighted by Crippen LogP contribution is -2.52. The van der Waals surface area contributed by atoms with E-state index in [-0.39, 0.29) is 23.6 Å². The molecule has 0 saturated heterocycles. The third-order valence-corrected chi connectivity index (χ3v) is 7.76. The van der Waals surface area contributed by atoms with Crippen molar-refractivity contribution in [1.29, 1.82) is 0 Å². The van der Waals surface area contributed by atoms with Crippen LogP contribution in [-0.4, -0.2) is 41.1 Å². The molecule has 0 spiro atoms. The molecule has 2 aromatic carbocycles. The van der Waals surface area contributed by atoms with Crippen molar-refractivity contribution < 1.29 is 9.59 Å². The van der Waals surface area contributed by atoms with Crippen LogP contribution in [0.2, 0.25) is 10.0 Å². The molecule has 2 aromatic rings. The first-order valence-electron chi connectivity index (χ1n) is 11.6. The first kappa shape index (κ1) is 25.9. The Morgan fingerprint density at radius 3 is 2.36 bits per heavy atom. The molecule has 33 heavy (non-hydrogen) atoms. The van der Waals surface area contributed by atoms with E-state index < -0.39 is 6.04 Å². The number of hydrogen-bond donors (Lipinski definition) is 1. The SMILES string of the molecule is CC[C@H](C(=O)NC1CCCC1)N(CCc1ccccc1)C(=O)CSCc1c(Cl)cccc1Cl. The van der Waals surface area contributed by atoms with Crippen LogP contribution in [0.4, 0.5) is 0 Å². The monoisotopic (exact) mass is 506 g/mol. The van der Waals surface area contributed by atoms with Gasteiger partial charge in [0, 0.05) is 28.4 Å². The highest BCUT2D eigenvalue weighted by Crippen LogP contribution is 2.28. The smallest absolute Gasteiger partial charge is 0.243 e. The normalized spacial score (nSPS) is 14.8. The number of benzene rings is 2. The molecule has 1 fully saturated rings.